The number of unbranched alkanes of at least 4 members (excludes halogenated alkanes) is 1. The predicted octanol–water partition coefficient (Wildman–Crippen LogP) is 2.83. The Morgan fingerprint density at radius 1 is 1.41 bits per heavy atom. The van der Waals surface area contributed by atoms with Gasteiger partial charge in [-0.25, -0.2) is 4.98 Å². The molecule has 4 nitrogen and oxygen atoms in total. The summed E-state index contributed by atoms with van der Waals surface area (Å²) in [7, 11) is 1.94. The summed E-state index contributed by atoms with van der Waals surface area (Å²) in [6, 6.07) is 8.64. The zero-order valence-corrected chi connectivity index (χ0v) is 13.9. The van der Waals surface area contributed by atoms with Crippen LogP contribution < -0.4 is 5.32 Å². The molecule has 0 spiro atoms. The minimum Gasteiger partial charge on any atom is -0.341 e. The summed E-state index contributed by atoms with van der Waals surface area (Å²) >= 11 is 1.77. The van der Waals surface area contributed by atoms with Crippen molar-refractivity contribution in [3.05, 3.63) is 29.3 Å². The molecule has 3 rings (SSSR count). The third-order valence-corrected chi connectivity index (χ3v) is 5.44. The largest absolute Gasteiger partial charge is 0.341 e. The van der Waals surface area contributed by atoms with Crippen LogP contribution in [0.4, 0.5) is 0 Å². The fraction of sp³-hybridized carbons (Fsp3) is 0.529. The molecule has 0 radical (unpaired) electrons. The number of aromatic nitrogens is 1. The first kappa shape index (κ1) is 15.4. The van der Waals surface area contributed by atoms with Crippen LogP contribution in [0.15, 0.2) is 24.3 Å². The molecule has 1 atom stereocenters. The molecule has 1 N–H and O–H groups in total. The van der Waals surface area contributed by atoms with Crippen molar-refractivity contribution >= 4 is 27.5 Å². The molecule has 5 heteroatoms. The van der Waals surface area contributed by atoms with Crippen LogP contribution >= 0.6 is 11.3 Å². The summed E-state index contributed by atoms with van der Waals surface area (Å²) in [6.07, 6.45) is 4.68. The molecule has 1 fully saturated rings. The highest BCUT2D eigenvalue weighted by Crippen LogP contribution is 2.23. The zero-order valence-electron chi connectivity index (χ0n) is 13.0. The molecule has 1 amide bonds. The number of nitrogens with zero attached hydrogens (tertiary/aromatic N) is 2. The van der Waals surface area contributed by atoms with E-state index in [1.54, 1.807) is 11.3 Å². The van der Waals surface area contributed by atoms with Gasteiger partial charge in [-0.2, -0.15) is 0 Å². The number of amides is 1. The van der Waals surface area contributed by atoms with Crippen LogP contribution in [0.25, 0.3) is 10.2 Å². The lowest BCUT2D eigenvalue weighted by atomic mass is 10.1. The van der Waals surface area contributed by atoms with Crippen molar-refractivity contribution in [1.29, 1.82) is 0 Å². The number of carbonyl (C=O) groups is 1. The molecular formula is C17H23N3OS. The average molecular weight is 317 g/mol. The van der Waals surface area contributed by atoms with E-state index in [4.69, 9.17) is 0 Å². The number of nitrogens with one attached hydrogen (secondary N) is 1. The Balaban J connectivity index is 1.42. The molecule has 118 valence electrons. The van der Waals surface area contributed by atoms with E-state index in [1.165, 1.54) is 9.71 Å². The number of benzene rings is 1. The lowest BCUT2D eigenvalue weighted by Gasteiger charge is -2.23. The van der Waals surface area contributed by atoms with E-state index in [1.807, 2.05) is 18.0 Å². The maximum Gasteiger partial charge on any atom is 0.222 e. The van der Waals surface area contributed by atoms with Gasteiger partial charge in [0.2, 0.25) is 5.91 Å². The number of aryl methyl sites for hydroxylation is 1. The Kier molecular flexibility index (Phi) is 5.05. The fourth-order valence-corrected chi connectivity index (χ4v) is 3.94. The van der Waals surface area contributed by atoms with Crippen LogP contribution in [0.3, 0.4) is 0 Å². The van der Waals surface area contributed by atoms with E-state index in [-0.39, 0.29) is 5.91 Å². The van der Waals surface area contributed by atoms with Crippen molar-refractivity contribution in [1.82, 2.24) is 15.2 Å². The molecule has 2 aromatic rings. The number of carbonyl (C=O) groups excluding carboxylic acids is 1. The number of para-hydroxylation sites is 1. The summed E-state index contributed by atoms with van der Waals surface area (Å²) in [5.41, 5.74) is 1.09. The maximum atomic E-state index is 12.2. The van der Waals surface area contributed by atoms with Gasteiger partial charge >= 0.3 is 0 Å². The Morgan fingerprint density at radius 3 is 3.05 bits per heavy atom. The van der Waals surface area contributed by atoms with Gasteiger partial charge in [-0.1, -0.05) is 12.1 Å². The van der Waals surface area contributed by atoms with Crippen molar-refractivity contribution in [2.75, 3.05) is 20.1 Å². The van der Waals surface area contributed by atoms with E-state index in [0.717, 1.165) is 44.3 Å². The molecule has 0 aliphatic carbocycles. The molecule has 1 aliphatic rings. The van der Waals surface area contributed by atoms with Gasteiger partial charge in [0.15, 0.2) is 0 Å². The molecule has 0 bridgehead atoms. The highest BCUT2D eigenvalue weighted by atomic mass is 32.1. The second-order valence-corrected chi connectivity index (χ2v) is 7.05. The van der Waals surface area contributed by atoms with E-state index in [2.05, 4.69) is 28.5 Å². The molecule has 2 heterocycles. The van der Waals surface area contributed by atoms with Gasteiger partial charge in [-0.15, -0.1) is 11.3 Å². The van der Waals surface area contributed by atoms with Gasteiger partial charge in [-0.05, 0) is 44.4 Å². The predicted molar refractivity (Wildman–Crippen MR) is 91.2 cm³/mol. The molecule has 1 aliphatic heterocycles. The second kappa shape index (κ2) is 7.20. The SMILES string of the molecule is CN(C(=O)CCCCc1nc2ccccc2s1)C1CCNC1. The van der Waals surface area contributed by atoms with Crippen molar-refractivity contribution in [2.24, 2.45) is 0 Å². The van der Waals surface area contributed by atoms with E-state index in [0.29, 0.717) is 12.5 Å². The summed E-state index contributed by atoms with van der Waals surface area (Å²) in [4.78, 5) is 18.7. The smallest absolute Gasteiger partial charge is 0.222 e. The third kappa shape index (κ3) is 3.65. The highest BCUT2D eigenvalue weighted by Gasteiger charge is 2.22. The number of fused-ring (bicyclic) bond motifs is 1. The Hall–Kier alpha value is -1.46. The normalized spacial score (nSPS) is 18.0. The van der Waals surface area contributed by atoms with Gasteiger partial charge < -0.3 is 10.2 Å². The monoisotopic (exact) mass is 317 g/mol. The van der Waals surface area contributed by atoms with Crippen molar-refractivity contribution in [3.8, 4) is 0 Å². The summed E-state index contributed by atoms with van der Waals surface area (Å²) in [6.45, 7) is 1.97. The van der Waals surface area contributed by atoms with Crippen molar-refractivity contribution in [2.45, 2.75) is 38.1 Å². The fourth-order valence-electron chi connectivity index (χ4n) is 2.93. The van der Waals surface area contributed by atoms with Gasteiger partial charge in [0, 0.05) is 26.1 Å². The highest BCUT2D eigenvalue weighted by molar-refractivity contribution is 7.18. The van der Waals surface area contributed by atoms with Crippen LogP contribution in [0.2, 0.25) is 0 Å². The van der Waals surface area contributed by atoms with E-state index >= 15 is 0 Å². The van der Waals surface area contributed by atoms with Gasteiger partial charge in [0.05, 0.1) is 15.2 Å². The number of rotatable bonds is 6. The standard InChI is InChI=1S/C17H23N3OS/c1-20(13-10-11-18-12-13)17(21)9-5-4-8-16-19-14-6-2-3-7-15(14)22-16/h2-3,6-7,13,18H,4-5,8-12H2,1H3. The Bertz CT molecular complexity index is 601. The molecular weight excluding hydrogens is 294 g/mol. The summed E-state index contributed by atoms with van der Waals surface area (Å²) < 4.78 is 1.25. The summed E-state index contributed by atoms with van der Waals surface area (Å²) in [5.74, 6) is 0.276. The van der Waals surface area contributed by atoms with Crippen molar-refractivity contribution in [3.63, 3.8) is 0 Å². The quantitative estimate of drug-likeness (QED) is 0.833. The lowest BCUT2D eigenvalue weighted by Crippen LogP contribution is -2.38. The molecule has 1 unspecified atom stereocenters. The average Bonchev–Trinajstić information content (AvgIpc) is 3.19. The molecule has 1 saturated heterocycles. The maximum absolute atomic E-state index is 12.2. The third-order valence-electron chi connectivity index (χ3n) is 4.34. The van der Waals surface area contributed by atoms with Crippen molar-refractivity contribution < 1.29 is 4.79 Å². The lowest BCUT2D eigenvalue weighted by molar-refractivity contribution is -0.131. The van der Waals surface area contributed by atoms with Gasteiger partial charge in [0.25, 0.3) is 0 Å². The molecule has 1 aromatic carbocycles. The van der Waals surface area contributed by atoms with Crippen LogP contribution in [0.1, 0.15) is 30.7 Å². The van der Waals surface area contributed by atoms with Crippen LogP contribution in [-0.4, -0.2) is 42.0 Å². The Morgan fingerprint density at radius 2 is 2.27 bits per heavy atom. The van der Waals surface area contributed by atoms with Crippen LogP contribution in [0, 0.1) is 0 Å². The van der Waals surface area contributed by atoms with Gasteiger partial charge in [-0.3, -0.25) is 4.79 Å². The molecule has 22 heavy (non-hydrogen) atoms. The second-order valence-electron chi connectivity index (χ2n) is 5.93. The van der Waals surface area contributed by atoms with Gasteiger partial charge in [0.1, 0.15) is 0 Å². The number of hydrogen-bond acceptors (Lipinski definition) is 4. The van der Waals surface area contributed by atoms with E-state index in [9.17, 15) is 4.79 Å². The first-order valence-electron chi connectivity index (χ1n) is 8.05. The first-order chi connectivity index (χ1) is 10.7. The summed E-state index contributed by atoms with van der Waals surface area (Å²) in [5, 5.41) is 4.49. The topological polar surface area (TPSA) is 45.2 Å². The minimum absolute atomic E-state index is 0.276. The number of hydrogen-bond donors (Lipinski definition) is 1. The number of likely N-dealkylation sites (N-methyl/N-ethyl adjacent to an activating group) is 1. The number of thiazole rings is 1. The van der Waals surface area contributed by atoms with Crippen LogP contribution in [0.5, 0.6) is 0 Å². The molecule has 0 saturated carbocycles. The molecule has 1 aromatic heterocycles. The van der Waals surface area contributed by atoms with E-state index < -0.39 is 0 Å². The zero-order chi connectivity index (χ0) is 15.4. The Labute approximate surface area is 135 Å². The first-order valence-corrected chi connectivity index (χ1v) is 8.86. The van der Waals surface area contributed by atoms with Crippen LogP contribution in [-0.2, 0) is 11.2 Å². The minimum atomic E-state index is 0.276.